The summed E-state index contributed by atoms with van der Waals surface area (Å²) in [6.45, 7) is 2.39. The van der Waals surface area contributed by atoms with E-state index in [0.717, 1.165) is 5.56 Å². The van der Waals surface area contributed by atoms with E-state index < -0.39 is 5.82 Å². The van der Waals surface area contributed by atoms with Crippen molar-refractivity contribution in [2.24, 2.45) is 0 Å². The molecule has 1 aliphatic rings. The number of carbonyl (C=O) groups excluding carboxylic acids is 1. The Hall–Kier alpha value is -3.46. The summed E-state index contributed by atoms with van der Waals surface area (Å²) < 4.78 is 29.8. The van der Waals surface area contributed by atoms with Crippen LogP contribution < -0.4 is 5.32 Å². The fourth-order valence-electron chi connectivity index (χ4n) is 3.28. The minimum absolute atomic E-state index is 0.0631. The van der Waals surface area contributed by atoms with Crippen LogP contribution in [0.15, 0.2) is 45.2 Å². The molecule has 1 N–H and O–H groups in total. The van der Waals surface area contributed by atoms with Crippen LogP contribution in [0, 0.1) is 5.82 Å². The highest BCUT2D eigenvalue weighted by Gasteiger charge is 2.18. The molecule has 2 aromatic heterocycles. The van der Waals surface area contributed by atoms with Crippen LogP contribution in [0.4, 0.5) is 16.4 Å². The topological polar surface area (TPSA) is 93.6 Å². The Kier molecular flexibility index (Phi) is 4.36. The Bertz CT molecular complexity index is 1200. The number of oxazole rings is 2. The second kappa shape index (κ2) is 7.17. The minimum Gasteiger partial charge on any atom is -0.423 e. The maximum atomic E-state index is 13.3. The lowest BCUT2D eigenvalue weighted by atomic mass is 10.1. The fraction of sp³-hybridized carbons (Fsp3) is 0.250. The van der Waals surface area contributed by atoms with Crippen molar-refractivity contribution < 1.29 is 22.8 Å². The van der Waals surface area contributed by atoms with Crippen molar-refractivity contribution in [1.29, 1.82) is 0 Å². The van der Waals surface area contributed by atoms with E-state index in [0.29, 0.717) is 54.9 Å². The molecule has 9 heteroatoms. The lowest BCUT2D eigenvalue weighted by Crippen LogP contribution is -2.41. The van der Waals surface area contributed by atoms with Crippen LogP contribution in [0.1, 0.15) is 5.56 Å². The Morgan fingerprint density at radius 1 is 1.00 bits per heavy atom. The lowest BCUT2D eigenvalue weighted by Gasteiger charge is -2.26. The van der Waals surface area contributed by atoms with E-state index in [4.69, 9.17) is 13.6 Å². The number of ether oxygens (including phenoxy) is 1. The van der Waals surface area contributed by atoms with Crippen molar-refractivity contribution in [1.82, 2.24) is 14.9 Å². The summed E-state index contributed by atoms with van der Waals surface area (Å²) in [5.41, 5.74) is 2.88. The number of morpholine rings is 1. The Balaban J connectivity index is 1.33. The zero-order valence-corrected chi connectivity index (χ0v) is 15.4. The predicted octanol–water partition coefficient (Wildman–Crippen LogP) is 3.25. The number of nitrogens with one attached hydrogen (secondary N) is 1. The van der Waals surface area contributed by atoms with E-state index in [1.54, 1.807) is 11.0 Å². The number of amides is 1. The molecule has 0 saturated carbocycles. The summed E-state index contributed by atoms with van der Waals surface area (Å²) in [5.74, 6) is -0.327. The minimum atomic E-state index is -0.390. The number of rotatable bonds is 4. The number of carbonyl (C=O) groups is 1. The average Bonchev–Trinajstić information content (AvgIpc) is 3.30. The monoisotopic (exact) mass is 396 g/mol. The molecule has 1 saturated heterocycles. The van der Waals surface area contributed by atoms with Gasteiger partial charge in [-0.15, -0.1) is 0 Å². The number of nitrogens with zero attached hydrogens (tertiary/aromatic N) is 3. The zero-order chi connectivity index (χ0) is 19.8. The molecule has 1 fully saturated rings. The van der Waals surface area contributed by atoms with Crippen LogP contribution in [0.2, 0.25) is 0 Å². The Morgan fingerprint density at radius 3 is 2.38 bits per heavy atom. The molecule has 3 heterocycles. The number of halogens is 1. The van der Waals surface area contributed by atoms with E-state index in [1.807, 2.05) is 12.1 Å². The lowest BCUT2D eigenvalue weighted by molar-refractivity contribution is -0.134. The molecule has 2 aromatic carbocycles. The van der Waals surface area contributed by atoms with Crippen molar-refractivity contribution in [3.63, 3.8) is 0 Å². The van der Waals surface area contributed by atoms with E-state index in [9.17, 15) is 9.18 Å². The highest BCUT2D eigenvalue weighted by atomic mass is 19.1. The van der Waals surface area contributed by atoms with Gasteiger partial charge in [-0.25, -0.2) is 4.39 Å². The molecule has 8 nitrogen and oxygen atoms in total. The number of hydrogen-bond donors (Lipinski definition) is 1. The largest absolute Gasteiger partial charge is 0.423 e. The summed E-state index contributed by atoms with van der Waals surface area (Å²) >= 11 is 0. The Morgan fingerprint density at radius 2 is 1.66 bits per heavy atom. The van der Waals surface area contributed by atoms with Crippen molar-refractivity contribution in [2.45, 2.75) is 6.42 Å². The van der Waals surface area contributed by atoms with Gasteiger partial charge in [-0.1, -0.05) is 6.07 Å². The molecule has 1 amide bonds. The van der Waals surface area contributed by atoms with Gasteiger partial charge in [-0.3, -0.25) is 10.1 Å². The van der Waals surface area contributed by atoms with Crippen molar-refractivity contribution in [3.8, 4) is 0 Å². The smallest absolute Gasteiger partial charge is 0.303 e. The van der Waals surface area contributed by atoms with Crippen LogP contribution in [-0.2, 0) is 16.0 Å². The molecule has 5 rings (SSSR count). The molecule has 4 aromatic rings. The summed E-state index contributed by atoms with van der Waals surface area (Å²) in [4.78, 5) is 22.8. The summed E-state index contributed by atoms with van der Waals surface area (Å²) in [6, 6.07) is 9.89. The van der Waals surface area contributed by atoms with Gasteiger partial charge >= 0.3 is 12.0 Å². The number of hydrogen-bond acceptors (Lipinski definition) is 7. The van der Waals surface area contributed by atoms with E-state index in [1.165, 1.54) is 18.2 Å². The first-order chi connectivity index (χ1) is 14.1. The second-order valence-electron chi connectivity index (χ2n) is 6.75. The van der Waals surface area contributed by atoms with Gasteiger partial charge in [0.15, 0.2) is 11.2 Å². The fourth-order valence-corrected chi connectivity index (χ4v) is 3.28. The molecule has 0 aliphatic carbocycles. The highest BCUT2D eigenvalue weighted by Crippen LogP contribution is 2.25. The van der Waals surface area contributed by atoms with E-state index in [2.05, 4.69) is 15.3 Å². The third kappa shape index (κ3) is 3.64. The van der Waals surface area contributed by atoms with Crippen molar-refractivity contribution in [2.75, 3.05) is 31.6 Å². The first-order valence-corrected chi connectivity index (χ1v) is 9.22. The van der Waals surface area contributed by atoms with Gasteiger partial charge in [-0.2, -0.15) is 9.97 Å². The second-order valence-corrected chi connectivity index (χ2v) is 6.75. The van der Waals surface area contributed by atoms with Crippen molar-refractivity contribution in [3.05, 3.63) is 47.8 Å². The number of benzene rings is 2. The van der Waals surface area contributed by atoms with Gasteiger partial charge in [0.05, 0.1) is 19.6 Å². The number of aromatic nitrogens is 2. The predicted molar refractivity (Wildman–Crippen MR) is 102 cm³/mol. The quantitative estimate of drug-likeness (QED) is 0.566. The van der Waals surface area contributed by atoms with Crippen LogP contribution in [-0.4, -0.2) is 47.1 Å². The van der Waals surface area contributed by atoms with Crippen LogP contribution in [0.3, 0.4) is 0 Å². The molecule has 29 heavy (non-hydrogen) atoms. The van der Waals surface area contributed by atoms with Gasteiger partial charge in [-0.05, 0) is 29.8 Å². The van der Waals surface area contributed by atoms with Gasteiger partial charge in [0, 0.05) is 19.2 Å². The number of anilines is 2. The third-order valence-electron chi connectivity index (χ3n) is 4.73. The van der Waals surface area contributed by atoms with Crippen LogP contribution in [0.5, 0.6) is 0 Å². The van der Waals surface area contributed by atoms with Gasteiger partial charge in [0.1, 0.15) is 16.9 Å². The maximum absolute atomic E-state index is 13.3. The summed E-state index contributed by atoms with van der Waals surface area (Å²) in [6.07, 6.45) is 0.294. The molecule has 0 atom stereocenters. The Labute approximate surface area is 164 Å². The highest BCUT2D eigenvalue weighted by molar-refractivity contribution is 5.82. The maximum Gasteiger partial charge on any atom is 0.303 e. The van der Waals surface area contributed by atoms with Crippen LogP contribution in [0.25, 0.3) is 22.2 Å². The van der Waals surface area contributed by atoms with Gasteiger partial charge < -0.3 is 18.5 Å². The van der Waals surface area contributed by atoms with E-state index in [-0.39, 0.29) is 17.9 Å². The van der Waals surface area contributed by atoms with Gasteiger partial charge in [0.25, 0.3) is 0 Å². The molecule has 0 unspecified atom stereocenters. The molecule has 0 radical (unpaired) electrons. The normalized spacial score (nSPS) is 14.6. The molecular formula is C20H17FN4O4. The van der Waals surface area contributed by atoms with E-state index >= 15 is 0 Å². The molecule has 1 aliphatic heterocycles. The van der Waals surface area contributed by atoms with Crippen molar-refractivity contribution >= 4 is 40.1 Å². The average molecular weight is 396 g/mol. The molecule has 0 spiro atoms. The summed E-state index contributed by atoms with van der Waals surface area (Å²) in [5, 5.41) is 2.85. The first kappa shape index (κ1) is 17.6. The molecule has 148 valence electrons. The van der Waals surface area contributed by atoms with Gasteiger partial charge in [0.2, 0.25) is 5.91 Å². The SMILES string of the molecule is O=C(Cc1ccc2oc(Nc3nc4cc(F)ccc4o3)nc2c1)N1CCOCC1. The molecule has 0 bridgehead atoms. The summed E-state index contributed by atoms with van der Waals surface area (Å²) in [7, 11) is 0. The standard InChI is InChI=1S/C20H17FN4O4/c21-13-2-4-17-15(11-13)23-20(29-17)24-19-22-14-9-12(1-3-16(14)28-19)10-18(26)25-5-7-27-8-6-25/h1-4,9,11H,5-8,10H2,(H,22,23,24). The molecular weight excluding hydrogens is 379 g/mol. The van der Waals surface area contributed by atoms with Crippen LogP contribution >= 0.6 is 0 Å². The zero-order valence-electron chi connectivity index (χ0n) is 15.4. The first-order valence-electron chi connectivity index (χ1n) is 9.22. The third-order valence-corrected chi connectivity index (χ3v) is 4.73. The number of fused-ring (bicyclic) bond motifs is 2.